The number of ether oxygens (including phenoxy) is 1. The summed E-state index contributed by atoms with van der Waals surface area (Å²) in [6.07, 6.45) is -4.32. The summed E-state index contributed by atoms with van der Waals surface area (Å²) in [5.41, 5.74) is 1.31. The van der Waals surface area contributed by atoms with Crippen LogP contribution in [0.1, 0.15) is 5.82 Å². The maximum Gasteiger partial charge on any atom is 0.411 e. The predicted octanol–water partition coefficient (Wildman–Crippen LogP) is 3.30. The highest BCUT2D eigenvalue weighted by atomic mass is 35.5. The van der Waals surface area contributed by atoms with Crippen molar-refractivity contribution in [1.82, 2.24) is 9.97 Å². The lowest BCUT2D eigenvalue weighted by atomic mass is 10.3. The summed E-state index contributed by atoms with van der Waals surface area (Å²) in [7, 11) is 0. The molecule has 0 radical (unpaired) electrons. The Labute approximate surface area is 99.6 Å². The fraction of sp³-hybridized carbons (Fsp3) is 0.300. The molecule has 0 saturated heterocycles. The molecule has 0 aliphatic carbocycles. The average Bonchev–Trinajstić information content (AvgIpc) is 2.57. The topological polar surface area (TPSA) is 37.9 Å². The first-order valence-electron chi connectivity index (χ1n) is 4.73. The van der Waals surface area contributed by atoms with Crippen molar-refractivity contribution in [1.29, 1.82) is 0 Å². The van der Waals surface area contributed by atoms with Gasteiger partial charge in [0.2, 0.25) is 0 Å². The van der Waals surface area contributed by atoms with Crippen molar-refractivity contribution in [3.63, 3.8) is 0 Å². The van der Waals surface area contributed by atoms with Gasteiger partial charge in [-0.25, -0.2) is 4.98 Å². The third-order valence-corrected chi connectivity index (χ3v) is 2.23. The van der Waals surface area contributed by atoms with Crippen LogP contribution in [0.25, 0.3) is 11.0 Å². The quantitative estimate of drug-likeness (QED) is 0.924. The van der Waals surface area contributed by atoms with Gasteiger partial charge in [0, 0.05) is 5.02 Å². The maximum absolute atomic E-state index is 11.8. The van der Waals surface area contributed by atoms with Crippen LogP contribution in [0, 0.1) is 0 Å². The van der Waals surface area contributed by atoms with Crippen LogP contribution in [-0.2, 0) is 11.3 Å². The molecule has 92 valence electrons. The van der Waals surface area contributed by atoms with Gasteiger partial charge in [-0.05, 0) is 18.2 Å². The molecule has 2 aromatic rings. The zero-order valence-corrected chi connectivity index (χ0v) is 9.27. The number of hydrogen-bond acceptors (Lipinski definition) is 2. The number of aromatic amines is 1. The number of hydrogen-bond donors (Lipinski definition) is 1. The number of nitrogens with zero attached hydrogens (tertiary/aromatic N) is 1. The summed E-state index contributed by atoms with van der Waals surface area (Å²) in [5.74, 6) is 0.339. The number of rotatable bonds is 3. The number of nitrogens with one attached hydrogen (secondary N) is 1. The van der Waals surface area contributed by atoms with E-state index in [0.29, 0.717) is 21.9 Å². The van der Waals surface area contributed by atoms with Crippen LogP contribution in [0.4, 0.5) is 13.2 Å². The molecule has 0 atom stereocenters. The summed E-state index contributed by atoms with van der Waals surface area (Å²) >= 11 is 5.76. The second-order valence-electron chi connectivity index (χ2n) is 3.45. The van der Waals surface area contributed by atoms with E-state index in [4.69, 9.17) is 11.6 Å². The second kappa shape index (κ2) is 4.54. The highest BCUT2D eigenvalue weighted by Gasteiger charge is 2.27. The molecule has 7 heteroatoms. The zero-order valence-electron chi connectivity index (χ0n) is 8.51. The van der Waals surface area contributed by atoms with E-state index in [9.17, 15) is 13.2 Å². The van der Waals surface area contributed by atoms with Gasteiger partial charge < -0.3 is 9.72 Å². The van der Waals surface area contributed by atoms with Gasteiger partial charge in [0.15, 0.2) is 0 Å². The first-order valence-corrected chi connectivity index (χ1v) is 5.10. The standard InChI is InChI=1S/C10H8ClF3N2O/c11-6-1-2-7-8(3-6)16-9(15-7)4-17-5-10(12,13)14/h1-3H,4-5H2,(H,15,16). The van der Waals surface area contributed by atoms with Crippen molar-refractivity contribution in [2.24, 2.45) is 0 Å². The minimum Gasteiger partial charge on any atom is -0.364 e. The molecule has 0 fully saturated rings. The Hall–Kier alpha value is -1.27. The normalized spacial score (nSPS) is 12.2. The minimum atomic E-state index is -4.32. The Morgan fingerprint density at radius 1 is 1.35 bits per heavy atom. The lowest BCUT2D eigenvalue weighted by molar-refractivity contribution is -0.177. The van der Waals surface area contributed by atoms with Gasteiger partial charge in [0.1, 0.15) is 19.0 Å². The SMILES string of the molecule is FC(F)(F)COCc1nc2ccc(Cl)cc2[nH]1. The molecule has 0 aliphatic heterocycles. The van der Waals surface area contributed by atoms with E-state index in [1.165, 1.54) is 0 Å². The van der Waals surface area contributed by atoms with E-state index in [0.717, 1.165) is 0 Å². The monoisotopic (exact) mass is 264 g/mol. The summed E-state index contributed by atoms with van der Waals surface area (Å²) in [6.45, 7) is -1.50. The minimum absolute atomic E-state index is 0.216. The highest BCUT2D eigenvalue weighted by molar-refractivity contribution is 6.31. The first-order chi connectivity index (χ1) is 7.94. The predicted molar refractivity (Wildman–Crippen MR) is 56.8 cm³/mol. The largest absolute Gasteiger partial charge is 0.411 e. The van der Waals surface area contributed by atoms with E-state index in [2.05, 4.69) is 14.7 Å². The fourth-order valence-corrected chi connectivity index (χ4v) is 1.54. The van der Waals surface area contributed by atoms with Crippen LogP contribution in [-0.4, -0.2) is 22.8 Å². The van der Waals surface area contributed by atoms with Crippen molar-refractivity contribution in [2.75, 3.05) is 6.61 Å². The molecule has 1 N–H and O–H groups in total. The zero-order chi connectivity index (χ0) is 12.5. The number of benzene rings is 1. The molecule has 0 saturated carbocycles. The summed E-state index contributed by atoms with van der Waals surface area (Å²) in [5, 5.41) is 0.531. The Kier molecular flexibility index (Phi) is 3.26. The molecule has 17 heavy (non-hydrogen) atoms. The smallest absolute Gasteiger partial charge is 0.364 e. The fourth-order valence-electron chi connectivity index (χ4n) is 1.37. The van der Waals surface area contributed by atoms with Gasteiger partial charge in [-0.2, -0.15) is 13.2 Å². The molecule has 1 heterocycles. The molecular formula is C10H8ClF3N2O. The molecule has 1 aromatic heterocycles. The van der Waals surface area contributed by atoms with Gasteiger partial charge in [-0.1, -0.05) is 11.6 Å². The number of alkyl halides is 3. The van der Waals surface area contributed by atoms with E-state index in [-0.39, 0.29) is 6.61 Å². The Bertz CT molecular complexity index is 524. The van der Waals surface area contributed by atoms with E-state index < -0.39 is 12.8 Å². The molecule has 0 aliphatic rings. The molecule has 2 rings (SSSR count). The summed E-state index contributed by atoms with van der Waals surface area (Å²) in [4.78, 5) is 6.90. The van der Waals surface area contributed by atoms with E-state index >= 15 is 0 Å². The second-order valence-corrected chi connectivity index (χ2v) is 3.89. The van der Waals surface area contributed by atoms with Crippen molar-refractivity contribution < 1.29 is 17.9 Å². The molecule has 1 aromatic carbocycles. The van der Waals surface area contributed by atoms with Crippen LogP contribution >= 0.6 is 11.6 Å². The van der Waals surface area contributed by atoms with Gasteiger partial charge in [-0.15, -0.1) is 0 Å². The first kappa shape index (κ1) is 12.2. The summed E-state index contributed by atoms with van der Waals surface area (Å²) < 4.78 is 40.0. The average molecular weight is 265 g/mol. The molecule has 0 spiro atoms. The third kappa shape index (κ3) is 3.34. The molecule has 0 amide bonds. The maximum atomic E-state index is 11.8. The van der Waals surface area contributed by atoms with E-state index in [1.807, 2.05) is 0 Å². The Morgan fingerprint density at radius 3 is 2.82 bits per heavy atom. The number of aromatic nitrogens is 2. The van der Waals surface area contributed by atoms with Crippen molar-refractivity contribution in [3.05, 3.63) is 29.0 Å². The molecule has 0 bridgehead atoms. The highest BCUT2D eigenvalue weighted by Crippen LogP contribution is 2.18. The lowest BCUT2D eigenvalue weighted by Gasteiger charge is -2.05. The van der Waals surface area contributed by atoms with Gasteiger partial charge in [0.05, 0.1) is 11.0 Å². The number of imidazole rings is 1. The number of fused-ring (bicyclic) bond motifs is 1. The van der Waals surface area contributed by atoms with Crippen molar-refractivity contribution >= 4 is 22.6 Å². The van der Waals surface area contributed by atoms with Gasteiger partial charge in [-0.3, -0.25) is 0 Å². The number of H-pyrrole nitrogens is 1. The van der Waals surface area contributed by atoms with Crippen molar-refractivity contribution in [2.45, 2.75) is 12.8 Å². The van der Waals surface area contributed by atoms with Gasteiger partial charge in [0.25, 0.3) is 0 Å². The molecule has 0 unspecified atom stereocenters. The van der Waals surface area contributed by atoms with Crippen LogP contribution in [0.2, 0.25) is 5.02 Å². The summed E-state index contributed by atoms with van der Waals surface area (Å²) in [6, 6.07) is 4.99. The van der Waals surface area contributed by atoms with E-state index in [1.54, 1.807) is 18.2 Å². The Morgan fingerprint density at radius 2 is 2.12 bits per heavy atom. The van der Waals surface area contributed by atoms with Crippen LogP contribution in [0.15, 0.2) is 18.2 Å². The van der Waals surface area contributed by atoms with Crippen LogP contribution in [0.3, 0.4) is 0 Å². The van der Waals surface area contributed by atoms with Gasteiger partial charge >= 0.3 is 6.18 Å². The van der Waals surface area contributed by atoms with Crippen LogP contribution < -0.4 is 0 Å². The van der Waals surface area contributed by atoms with Crippen molar-refractivity contribution in [3.8, 4) is 0 Å². The Balaban J connectivity index is 2.05. The lowest BCUT2D eigenvalue weighted by Crippen LogP contribution is -2.16. The third-order valence-electron chi connectivity index (χ3n) is 2.00. The van der Waals surface area contributed by atoms with Crippen LogP contribution in [0.5, 0.6) is 0 Å². The molecule has 3 nitrogen and oxygen atoms in total. The molecular weight excluding hydrogens is 257 g/mol. The number of halogens is 4.